The van der Waals surface area contributed by atoms with Gasteiger partial charge in [-0.3, -0.25) is 9.48 Å². The smallest absolute Gasteiger partial charge is 0.241 e. The molecule has 0 aromatic carbocycles. The first-order chi connectivity index (χ1) is 11.7. The lowest BCUT2D eigenvalue weighted by Crippen LogP contribution is -2.36. The number of aryl methyl sites for hydroxylation is 1. The van der Waals surface area contributed by atoms with Gasteiger partial charge in [0.2, 0.25) is 5.91 Å². The number of thiazole rings is 1. The van der Waals surface area contributed by atoms with E-state index >= 15 is 0 Å². The fourth-order valence-electron chi connectivity index (χ4n) is 2.92. The van der Waals surface area contributed by atoms with Crippen LogP contribution in [0.5, 0.6) is 0 Å². The fraction of sp³-hybridized carbons (Fsp3) is 0.562. The molecule has 1 aliphatic heterocycles. The van der Waals surface area contributed by atoms with E-state index in [0.717, 1.165) is 35.9 Å². The van der Waals surface area contributed by atoms with Crippen molar-refractivity contribution in [2.24, 2.45) is 7.05 Å². The van der Waals surface area contributed by atoms with Crippen LogP contribution in [0, 0.1) is 0 Å². The van der Waals surface area contributed by atoms with Gasteiger partial charge in [0.05, 0.1) is 11.9 Å². The molecule has 146 valence electrons. The van der Waals surface area contributed by atoms with Crippen molar-refractivity contribution in [1.82, 2.24) is 25.4 Å². The molecule has 0 bridgehead atoms. The number of halogens is 2. The summed E-state index contributed by atoms with van der Waals surface area (Å²) in [5.74, 6) is -0.0412. The number of likely N-dealkylation sites (N-methyl/N-ethyl adjacent to an activating group) is 1. The molecule has 0 radical (unpaired) electrons. The number of carbonyl (C=O) groups is 1. The van der Waals surface area contributed by atoms with E-state index in [1.54, 1.807) is 29.3 Å². The average molecular weight is 421 g/mol. The highest BCUT2D eigenvalue weighted by molar-refractivity contribution is 7.13. The van der Waals surface area contributed by atoms with E-state index in [1.165, 1.54) is 12.8 Å². The van der Waals surface area contributed by atoms with Crippen LogP contribution < -0.4 is 15.5 Å². The molecule has 10 heteroatoms. The molecule has 26 heavy (non-hydrogen) atoms. The van der Waals surface area contributed by atoms with Gasteiger partial charge in [-0.1, -0.05) is 0 Å². The van der Waals surface area contributed by atoms with E-state index in [0.29, 0.717) is 6.54 Å². The van der Waals surface area contributed by atoms with Gasteiger partial charge in [0, 0.05) is 50.2 Å². The van der Waals surface area contributed by atoms with Gasteiger partial charge in [-0.05, 0) is 19.9 Å². The zero-order valence-corrected chi connectivity index (χ0v) is 17.4. The van der Waals surface area contributed by atoms with E-state index in [-0.39, 0.29) is 36.8 Å². The summed E-state index contributed by atoms with van der Waals surface area (Å²) >= 11 is 1.69. The lowest BCUT2D eigenvalue weighted by Gasteiger charge is -2.14. The van der Waals surface area contributed by atoms with Gasteiger partial charge >= 0.3 is 0 Å². The third kappa shape index (κ3) is 5.57. The zero-order chi connectivity index (χ0) is 16.9. The van der Waals surface area contributed by atoms with Crippen molar-refractivity contribution in [1.29, 1.82) is 0 Å². The van der Waals surface area contributed by atoms with Crippen LogP contribution in [0.2, 0.25) is 0 Å². The van der Waals surface area contributed by atoms with E-state index < -0.39 is 0 Å². The van der Waals surface area contributed by atoms with E-state index in [4.69, 9.17) is 0 Å². The molecular weight excluding hydrogens is 395 g/mol. The molecule has 3 heterocycles. The van der Waals surface area contributed by atoms with Crippen molar-refractivity contribution in [2.75, 3.05) is 31.6 Å². The van der Waals surface area contributed by atoms with Gasteiger partial charge in [0.15, 0.2) is 5.13 Å². The Bertz CT molecular complexity index is 686. The summed E-state index contributed by atoms with van der Waals surface area (Å²) in [6.07, 6.45) is 6.82. The lowest BCUT2D eigenvalue weighted by atomic mass is 10.1. The van der Waals surface area contributed by atoms with Crippen molar-refractivity contribution in [2.45, 2.75) is 25.3 Å². The van der Waals surface area contributed by atoms with Crippen LogP contribution in [-0.4, -0.2) is 47.4 Å². The maximum absolute atomic E-state index is 12.4. The standard InChI is InChI=1S/C16H24N6OS.2ClH/c1-17-14(12-9-19-21(2)10-12)15(23)18-6-5-13-11-24-16(20-13)22-7-3-4-8-22;;/h9-11,14,17H,3-8H2,1-2H3,(H,18,23);2*1H. The number of carbonyl (C=O) groups excluding carboxylic acids is 1. The molecular formula is C16H26Cl2N6OS. The minimum Gasteiger partial charge on any atom is -0.354 e. The number of anilines is 1. The van der Waals surface area contributed by atoms with Crippen LogP contribution in [0.3, 0.4) is 0 Å². The predicted molar refractivity (Wildman–Crippen MR) is 110 cm³/mol. The molecule has 1 atom stereocenters. The van der Waals surface area contributed by atoms with Crippen LogP contribution >= 0.6 is 36.2 Å². The Hall–Kier alpha value is -1.35. The molecule has 2 aromatic rings. The van der Waals surface area contributed by atoms with Crippen LogP contribution in [0.25, 0.3) is 0 Å². The Kier molecular flexibility index (Phi) is 9.35. The topological polar surface area (TPSA) is 75.1 Å². The first-order valence-corrected chi connectivity index (χ1v) is 9.18. The second-order valence-corrected chi connectivity index (χ2v) is 6.86. The van der Waals surface area contributed by atoms with E-state index in [9.17, 15) is 4.79 Å². The molecule has 1 amide bonds. The molecule has 0 spiro atoms. The second kappa shape index (κ2) is 10.7. The van der Waals surface area contributed by atoms with Crippen LogP contribution in [0.4, 0.5) is 5.13 Å². The number of hydrogen-bond donors (Lipinski definition) is 2. The SMILES string of the molecule is CNC(C(=O)NCCc1csc(N2CCCC2)n1)c1cnn(C)c1.Cl.Cl. The Morgan fingerprint density at radius 2 is 2.08 bits per heavy atom. The maximum atomic E-state index is 12.4. The average Bonchev–Trinajstić information content (AvgIpc) is 3.29. The summed E-state index contributed by atoms with van der Waals surface area (Å²) in [7, 11) is 3.62. The summed E-state index contributed by atoms with van der Waals surface area (Å²) < 4.78 is 1.70. The van der Waals surface area contributed by atoms with Gasteiger partial charge in [-0.15, -0.1) is 36.2 Å². The highest BCUT2D eigenvalue weighted by Crippen LogP contribution is 2.24. The van der Waals surface area contributed by atoms with Gasteiger partial charge in [0.25, 0.3) is 0 Å². The summed E-state index contributed by atoms with van der Waals surface area (Å²) in [5, 5.41) is 13.3. The van der Waals surface area contributed by atoms with Gasteiger partial charge in [-0.25, -0.2) is 4.98 Å². The Morgan fingerprint density at radius 3 is 2.69 bits per heavy atom. The fourth-order valence-corrected chi connectivity index (χ4v) is 3.83. The molecule has 2 aromatic heterocycles. The monoisotopic (exact) mass is 420 g/mol. The summed E-state index contributed by atoms with van der Waals surface area (Å²) in [5.41, 5.74) is 1.91. The number of hydrogen-bond acceptors (Lipinski definition) is 6. The first-order valence-electron chi connectivity index (χ1n) is 8.30. The van der Waals surface area contributed by atoms with Crippen LogP contribution in [0.1, 0.15) is 30.1 Å². The summed E-state index contributed by atoms with van der Waals surface area (Å²) in [6.45, 7) is 2.80. The van der Waals surface area contributed by atoms with E-state index in [2.05, 4.69) is 31.0 Å². The normalized spacial score (nSPS) is 14.5. The predicted octanol–water partition coefficient (Wildman–Crippen LogP) is 1.94. The molecule has 0 aliphatic carbocycles. The Morgan fingerprint density at radius 1 is 1.35 bits per heavy atom. The largest absolute Gasteiger partial charge is 0.354 e. The third-order valence-electron chi connectivity index (χ3n) is 4.21. The molecule has 1 saturated heterocycles. The number of nitrogens with zero attached hydrogens (tertiary/aromatic N) is 4. The maximum Gasteiger partial charge on any atom is 0.241 e. The van der Waals surface area contributed by atoms with Crippen molar-refractivity contribution in [3.05, 3.63) is 29.0 Å². The molecule has 0 saturated carbocycles. The molecule has 1 unspecified atom stereocenters. The second-order valence-electron chi connectivity index (χ2n) is 6.03. The summed E-state index contributed by atoms with van der Waals surface area (Å²) in [4.78, 5) is 19.4. The molecule has 1 fully saturated rings. The molecule has 1 aliphatic rings. The molecule has 3 rings (SSSR count). The van der Waals surface area contributed by atoms with Gasteiger partial charge in [0.1, 0.15) is 6.04 Å². The third-order valence-corrected chi connectivity index (χ3v) is 5.16. The van der Waals surface area contributed by atoms with Crippen molar-refractivity contribution in [3.63, 3.8) is 0 Å². The van der Waals surface area contributed by atoms with Crippen molar-refractivity contribution >= 4 is 47.2 Å². The number of amides is 1. The number of aromatic nitrogens is 3. The molecule has 7 nitrogen and oxygen atoms in total. The summed E-state index contributed by atoms with van der Waals surface area (Å²) in [6, 6.07) is -0.380. The minimum absolute atomic E-state index is 0. The van der Waals surface area contributed by atoms with Crippen molar-refractivity contribution in [3.8, 4) is 0 Å². The highest BCUT2D eigenvalue weighted by Gasteiger charge is 2.20. The minimum atomic E-state index is -0.380. The van der Waals surface area contributed by atoms with E-state index in [1.807, 2.05) is 13.2 Å². The van der Waals surface area contributed by atoms with Gasteiger partial charge in [-0.2, -0.15) is 5.10 Å². The zero-order valence-electron chi connectivity index (χ0n) is 15.0. The Balaban J connectivity index is 0.00000169. The van der Waals surface area contributed by atoms with Crippen molar-refractivity contribution < 1.29 is 4.79 Å². The molecule has 2 N–H and O–H groups in total. The van der Waals surface area contributed by atoms with Crippen LogP contribution in [-0.2, 0) is 18.3 Å². The highest BCUT2D eigenvalue weighted by atomic mass is 35.5. The lowest BCUT2D eigenvalue weighted by molar-refractivity contribution is -0.123. The van der Waals surface area contributed by atoms with Gasteiger partial charge < -0.3 is 15.5 Å². The Labute approximate surface area is 170 Å². The first kappa shape index (κ1) is 22.7. The quantitative estimate of drug-likeness (QED) is 0.715. The number of nitrogens with one attached hydrogen (secondary N) is 2. The number of rotatable bonds is 7. The van der Waals surface area contributed by atoms with Crippen LogP contribution in [0.15, 0.2) is 17.8 Å².